The number of carbonyl (C=O) groups is 2. The Morgan fingerprint density at radius 3 is 2.55 bits per heavy atom. The van der Waals surface area contributed by atoms with Gasteiger partial charge in [-0.2, -0.15) is 0 Å². The molecule has 1 N–H and O–H groups in total. The van der Waals surface area contributed by atoms with Crippen LogP contribution in [0.25, 0.3) is 0 Å². The fourth-order valence-electron chi connectivity index (χ4n) is 4.74. The molecule has 1 heterocycles. The van der Waals surface area contributed by atoms with Gasteiger partial charge < -0.3 is 14.8 Å². The van der Waals surface area contributed by atoms with Gasteiger partial charge in [0.05, 0.1) is 23.8 Å². The maximum atomic E-state index is 13.6. The Morgan fingerprint density at radius 1 is 1.12 bits per heavy atom. The van der Waals surface area contributed by atoms with Gasteiger partial charge in [0.25, 0.3) is 0 Å². The van der Waals surface area contributed by atoms with E-state index in [0.717, 1.165) is 33.4 Å². The van der Waals surface area contributed by atoms with E-state index in [0.29, 0.717) is 36.3 Å². The number of dihydropyridines is 1. The molecule has 0 radical (unpaired) electrons. The van der Waals surface area contributed by atoms with Crippen LogP contribution in [-0.2, 0) is 14.3 Å². The molecule has 0 fully saturated rings. The lowest BCUT2D eigenvalue weighted by atomic mass is 9.71. The Balaban J connectivity index is 1.80. The molecule has 5 nitrogen and oxygen atoms in total. The largest absolute Gasteiger partial charge is 0.496 e. The lowest BCUT2D eigenvalue weighted by molar-refractivity contribution is -0.139. The fraction of sp³-hybridized carbons (Fsp3) is 0.333. The highest BCUT2D eigenvalue weighted by molar-refractivity contribution is 9.10. The van der Waals surface area contributed by atoms with Crippen LogP contribution in [0.15, 0.2) is 75.5 Å². The van der Waals surface area contributed by atoms with Crippen LogP contribution >= 0.6 is 15.9 Å². The average Bonchev–Trinajstić information content (AvgIpc) is 2.82. The van der Waals surface area contributed by atoms with Gasteiger partial charge in [-0.25, -0.2) is 4.79 Å². The first-order valence-electron chi connectivity index (χ1n) is 11.2. The minimum absolute atomic E-state index is 0.0582. The van der Waals surface area contributed by atoms with Crippen molar-refractivity contribution in [2.75, 3.05) is 13.7 Å². The molecular formula is C27H28BrNO4. The summed E-state index contributed by atoms with van der Waals surface area (Å²) < 4.78 is 11.7. The molecule has 0 aromatic heterocycles. The number of rotatable bonds is 6. The van der Waals surface area contributed by atoms with Crippen molar-refractivity contribution < 1.29 is 19.1 Å². The van der Waals surface area contributed by atoms with Crippen LogP contribution in [0.4, 0.5) is 0 Å². The maximum Gasteiger partial charge on any atom is 0.336 e. The summed E-state index contributed by atoms with van der Waals surface area (Å²) in [6.07, 6.45) is 1.86. The molecule has 1 aliphatic carbocycles. The summed E-state index contributed by atoms with van der Waals surface area (Å²) in [5, 5.41) is 3.39. The molecule has 172 valence electrons. The van der Waals surface area contributed by atoms with Gasteiger partial charge in [0.15, 0.2) is 5.78 Å². The van der Waals surface area contributed by atoms with Gasteiger partial charge in [0.1, 0.15) is 5.75 Å². The second-order valence-corrected chi connectivity index (χ2v) is 9.31. The van der Waals surface area contributed by atoms with E-state index in [1.54, 1.807) is 7.11 Å². The summed E-state index contributed by atoms with van der Waals surface area (Å²) in [6, 6.07) is 15.8. The number of halogens is 1. The number of Topliss-reactive ketones (excluding diaryl/α,β-unsaturated/α-hetero) is 1. The third-order valence-corrected chi connectivity index (χ3v) is 6.88. The predicted octanol–water partition coefficient (Wildman–Crippen LogP) is 5.77. The van der Waals surface area contributed by atoms with Crippen LogP contribution in [0, 0.1) is 0 Å². The summed E-state index contributed by atoms with van der Waals surface area (Å²) in [5.41, 5.74) is 4.78. The smallest absolute Gasteiger partial charge is 0.336 e. The van der Waals surface area contributed by atoms with Crippen molar-refractivity contribution >= 4 is 27.7 Å². The van der Waals surface area contributed by atoms with Gasteiger partial charge in [-0.05, 0) is 64.9 Å². The van der Waals surface area contributed by atoms with Gasteiger partial charge in [-0.15, -0.1) is 0 Å². The van der Waals surface area contributed by atoms with E-state index in [-0.39, 0.29) is 17.7 Å². The third-order valence-electron chi connectivity index (χ3n) is 6.26. The standard InChI is InChI=1S/C27H28BrNO4/c1-4-12-33-27(31)24-16(2)29-21-14-19(17-8-6-5-7-9-17)15-22(30)26(21)25(24)18-10-11-23(32-3)20(28)13-18/h5-11,13,19,25,29H,4,12,14-15H2,1-3H3/t19-,25+/m1/s1. The molecule has 2 aliphatic rings. The summed E-state index contributed by atoms with van der Waals surface area (Å²) in [6.45, 7) is 4.18. The zero-order valence-electron chi connectivity index (χ0n) is 19.1. The molecule has 0 unspecified atom stereocenters. The molecule has 33 heavy (non-hydrogen) atoms. The van der Waals surface area contributed by atoms with E-state index >= 15 is 0 Å². The van der Waals surface area contributed by atoms with Crippen LogP contribution in [0.3, 0.4) is 0 Å². The first kappa shape index (κ1) is 23.3. The number of hydrogen-bond acceptors (Lipinski definition) is 5. The van der Waals surface area contributed by atoms with E-state index in [4.69, 9.17) is 9.47 Å². The number of esters is 1. The Kier molecular flexibility index (Phi) is 7.03. The molecule has 0 spiro atoms. The zero-order chi connectivity index (χ0) is 23.5. The molecule has 0 saturated heterocycles. The second-order valence-electron chi connectivity index (χ2n) is 8.46. The predicted molar refractivity (Wildman–Crippen MR) is 131 cm³/mol. The normalized spacial score (nSPS) is 20.3. The number of ether oxygens (including phenoxy) is 2. The van der Waals surface area contributed by atoms with Crippen molar-refractivity contribution in [1.82, 2.24) is 5.32 Å². The molecule has 2 aromatic rings. The lowest BCUT2D eigenvalue weighted by Gasteiger charge is -2.36. The van der Waals surface area contributed by atoms with E-state index in [1.807, 2.05) is 50.2 Å². The number of methoxy groups -OCH3 is 1. The molecule has 0 amide bonds. The van der Waals surface area contributed by atoms with Gasteiger partial charge in [-0.1, -0.05) is 43.3 Å². The number of carbonyl (C=O) groups excluding carboxylic acids is 2. The van der Waals surface area contributed by atoms with Crippen LogP contribution in [0.5, 0.6) is 5.75 Å². The molecular weight excluding hydrogens is 482 g/mol. The Labute approximate surface area is 203 Å². The number of benzene rings is 2. The Bertz CT molecular complexity index is 1140. The third kappa shape index (κ3) is 4.62. The van der Waals surface area contributed by atoms with Crippen LogP contribution in [-0.4, -0.2) is 25.5 Å². The number of ketones is 1. The van der Waals surface area contributed by atoms with E-state index in [9.17, 15) is 9.59 Å². The molecule has 2 aromatic carbocycles. The number of allylic oxidation sites excluding steroid dienone is 3. The average molecular weight is 510 g/mol. The van der Waals surface area contributed by atoms with Crippen LogP contribution < -0.4 is 10.1 Å². The van der Waals surface area contributed by atoms with Crippen molar-refractivity contribution in [2.45, 2.75) is 44.9 Å². The van der Waals surface area contributed by atoms with Gasteiger partial charge in [0.2, 0.25) is 0 Å². The zero-order valence-corrected chi connectivity index (χ0v) is 20.7. The van der Waals surface area contributed by atoms with Gasteiger partial charge in [-0.3, -0.25) is 4.79 Å². The first-order valence-corrected chi connectivity index (χ1v) is 12.0. The molecule has 0 bridgehead atoms. The van der Waals surface area contributed by atoms with E-state index in [1.165, 1.54) is 0 Å². The molecule has 6 heteroatoms. The topological polar surface area (TPSA) is 64.6 Å². The van der Waals surface area contributed by atoms with Crippen molar-refractivity contribution in [1.29, 1.82) is 0 Å². The van der Waals surface area contributed by atoms with Crippen LogP contribution in [0.1, 0.15) is 56.1 Å². The van der Waals surface area contributed by atoms with Crippen molar-refractivity contribution in [2.24, 2.45) is 0 Å². The van der Waals surface area contributed by atoms with Gasteiger partial charge >= 0.3 is 5.97 Å². The van der Waals surface area contributed by atoms with Crippen LogP contribution in [0.2, 0.25) is 0 Å². The maximum absolute atomic E-state index is 13.6. The highest BCUT2D eigenvalue weighted by Gasteiger charge is 2.41. The SMILES string of the molecule is CCCOC(=O)C1=C(C)NC2=C(C(=O)C[C@H](c3ccccc3)C2)[C@H]1c1ccc(OC)c(Br)c1. The summed E-state index contributed by atoms with van der Waals surface area (Å²) >= 11 is 3.56. The monoisotopic (exact) mass is 509 g/mol. The molecule has 4 rings (SSSR count). The highest BCUT2D eigenvalue weighted by Crippen LogP contribution is 2.46. The second kappa shape index (κ2) is 9.96. The molecule has 2 atom stereocenters. The van der Waals surface area contributed by atoms with Crippen molar-refractivity contribution in [3.05, 3.63) is 86.7 Å². The molecule has 0 saturated carbocycles. The fourth-order valence-corrected chi connectivity index (χ4v) is 5.30. The first-order chi connectivity index (χ1) is 15.9. The summed E-state index contributed by atoms with van der Waals surface area (Å²) in [5.74, 6) is -0.0189. The highest BCUT2D eigenvalue weighted by atomic mass is 79.9. The molecule has 1 aliphatic heterocycles. The number of nitrogens with one attached hydrogen (secondary N) is 1. The minimum Gasteiger partial charge on any atom is -0.496 e. The van der Waals surface area contributed by atoms with Crippen molar-refractivity contribution in [3.63, 3.8) is 0 Å². The van der Waals surface area contributed by atoms with Crippen molar-refractivity contribution in [3.8, 4) is 5.75 Å². The van der Waals surface area contributed by atoms with Gasteiger partial charge in [0, 0.05) is 29.3 Å². The minimum atomic E-state index is -0.489. The van der Waals surface area contributed by atoms with E-state index < -0.39 is 5.92 Å². The quantitative estimate of drug-likeness (QED) is 0.500. The Hall–Kier alpha value is -2.86. The Morgan fingerprint density at radius 2 is 1.88 bits per heavy atom. The summed E-state index contributed by atoms with van der Waals surface area (Å²) in [4.78, 5) is 26.7. The lowest BCUT2D eigenvalue weighted by Crippen LogP contribution is -2.36. The summed E-state index contributed by atoms with van der Waals surface area (Å²) in [7, 11) is 1.61. The number of hydrogen-bond donors (Lipinski definition) is 1. The van der Waals surface area contributed by atoms with E-state index in [2.05, 4.69) is 33.4 Å².